The van der Waals surface area contributed by atoms with Crippen LogP contribution < -0.4 is 9.44 Å². The van der Waals surface area contributed by atoms with E-state index < -0.39 is 33.7 Å². The zero-order valence-corrected chi connectivity index (χ0v) is 10.8. The molecule has 0 fully saturated rings. The van der Waals surface area contributed by atoms with Crippen molar-refractivity contribution in [2.75, 3.05) is 7.11 Å². The van der Waals surface area contributed by atoms with E-state index in [2.05, 4.69) is 4.74 Å². The molecule has 17 heavy (non-hydrogen) atoms. The van der Waals surface area contributed by atoms with Gasteiger partial charge >= 0.3 is 22.3 Å². The Morgan fingerprint density at radius 1 is 1.29 bits per heavy atom. The van der Waals surface area contributed by atoms with E-state index >= 15 is 0 Å². The third kappa shape index (κ3) is 5.50. The van der Waals surface area contributed by atoms with E-state index in [4.69, 9.17) is 5.11 Å². The van der Waals surface area contributed by atoms with Gasteiger partial charge in [-0.2, -0.15) is 13.1 Å². The number of hydrogen-bond acceptors (Lipinski definition) is 5. The first-order chi connectivity index (χ1) is 7.49. The minimum Gasteiger partial charge on any atom is -0.480 e. The highest BCUT2D eigenvalue weighted by Gasteiger charge is 2.35. The van der Waals surface area contributed by atoms with Crippen molar-refractivity contribution in [3.8, 4) is 0 Å². The number of carbonyl (C=O) groups excluding carboxylic acids is 1. The molecule has 0 aliphatic carbocycles. The Kier molecular flexibility index (Phi) is 4.90. The molecule has 9 heteroatoms. The summed E-state index contributed by atoms with van der Waals surface area (Å²) in [4.78, 5) is 21.6. The summed E-state index contributed by atoms with van der Waals surface area (Å²) in [5, 5.41) is 8.89. The lowest BCUT2D eigenvalue weighted by Gasteiger charge is -2.27. The highest BCUT2D eigenvalue weighted by atomic mass is 32.2. The van der Waals surface area contributed by atoms with Gasteiger partial charge in [-0.1, -0.05) is 20.8 Å². The van der Waals surface area contributed by atoms with Crippen LogP contribution in [0, 0.1) is 5.41 Å². The molecule has 0 saturated heterocycles. The third-order valence-corrected chi connectivity index (χ3v) is 2.77. The molecule has 0 spiro atoms. The molecule has 3 N–H and O–H groups in total. The Balaban J connectivity index is 4.90. The van der Waals surface area contributed by atoms with Crippen LogP contribution >= 0.6 is 0 Å². The lowest BCUT2D eigenvalue weighted by molar-refractivity contribution is -0.141. The Morgan fingerprint density at radius 2 is 1.76 bits per heavy atom. The van der Waals surface area contributed by atoms with E-state index in [1.54, 1.807) is 20.8 Å². The maximum Gasteiger partial charge on any atom is 0.421 e. The molecule has 0 radical (unpaired) electrons. The molecule has 0 unspecified atom stereocenters. The minimum atomic E-state index is -4.28. The third-order valence-electron chi connectivity index (χ3n) is 1.79. The zero-order chi connectivity index (χ0) is 13.9. The molecule has 0 bridgehead atoms. The predicted molar refractivity (Wildman–Crippen MR) is 58.5 cm³/mol. The summed E-state index contributed by atoms with van der Waals surface area (Å²) in [5.41, 5.74) is -0.850. The van der Waals surface area contributed by atoms with Gasteiger partial charge in [0.15, 0.2) is 0 Å². The van der Waals surface area contributed by atoms with Crippen LogP contribution in [-0.4, -0.2) is 38.7 Å². The summed E-state index contributed by atoms with van der Waals surface area (Å²) >= 11 is 0. The number of methoxy groups -OCH3 is 1. The Bertz CT molecular complexity index is 397. The number of amides is 1. The van der Waals surface area contributed by atoms with Gasteiger partial charge in [0.2, 0.25) is 0 Å². The smallest absolute Gasteiger partial charge is 0.421 e. The lowest BCUT2D eigenvalue weighted by atomic mass is 9.88. The summed E-state index contributed by atoms with van der Waals surface area (Å²) in [5.74, 6) is -1.34. The van der Waals surface area contributed by atoms with Gasteiger partial charge in [0.1, 0.15) is 6.04 Å². The molecule has 8 nitrogen and oxygen atoms in total. The number of rotatable bonds is 4. The number of carbonyl (C=O) groups is 2. The number of nitrogens with one attached hydrogen (secondary N) is 2. The Hall–Kier alpha value is -1.35. The van der Waals surface area contributed by atoms with E-state index in [1.165, 1.54) is 4.72 Å². The fourth-order valence-corrected chi connectivity index (χ4v) is 2.06. The Labute approximate surface area is 99.5 Å². The van der Waals surface area contributed by atoms with Crippen LogP contribution in [-0.2, 0) is 19.7 Å². The second kappa shape index (κ2) is 5.32. The molecule has 0 aliphatic heterocycles. The minimum absolute atomic E-state index is 0.850. The average Bonchev–Trinajstić information content (AvgIpc) is 2.11. The largest absolute Gasteiger partial charge is 0.480 e. The first-order valence-corrected chi connectivity index (χ1v) is 6.08. The summed E-state index contributed by atoms with van der Waals surface area (Å²) in [7, 11) is -3.29. The van der Waals surface area contributed by atoms with Gasteiger partial charge in [-0.05, 0) is 5.41 Å². The molecule has 0 rings (SSSR count). The van der Waals surface area contributed by atoms with Crippen LogP contribution in [0.3, 0.4) is 0 Å². The maximum atomic E-state index is 11.4. The molecule has 0 aromatic carbocycles. The van der Waals surface area contributed by atoms with Gasteiger partial charge in [0.25, 0.3) is 0 Å². The van der Waals surface area contributed by atoms with Crippen molar-refractivity contribution in [2.45, 2.75) is 26.8 Å². The second-order valence-electron chi connectivity index (χ2n) is 4.35. The van der Waals surface area contributed by atoms with Crippen LogP contribution in [0.2, 0.25) is 0 Å². The fraction of sp³-hybridized carbons (Fsp3) is 0.750. The van der Waals surface area contributed by atoms with Gasteiger partial charge in [-0.15, -0.1) is 0 Å². The quantitative estimate of drug-likeness (QED) is 0.642. The van der Waals surface area contributed by atoms with E-state index in [1.807, 2.05) is 4.72 Å². The van der Waals surface area contributed by atoms with E-state index in [-0.39, 0.29) is 0 Å². The molecule has 0 aliphatic rings. The summed E-state index contributed by atoms with van der Waals surface area (Å²) in [6.45, 7) is 4.64. The van der Waals surface area contributed by atoms with Crippen molar-refractivity contribution in [3.05, 3.63) is 0 Å². The van der Waals surface area contributed by atoms with Crippen molar-refractivity contribution in [1.82, 2.24) is 9.44 Å². The SMILES string of the molecule is COC(=O)NS(=O)(=O)N[C@@H](C(=O)O)C(C)(C)C. The van der Waals surface area contributed by atoms with Gasteiger partial charge < -0.3 is 9.84 Å². The molecule has 0 aromatic heterocycles. The zero-order valence-electron chi connectivity index (χ0n) is 9.97. The predicted octanol–water partition coefficient (Wildman–Crippen LogP) is -0.324. The molecular weight excluding hydrogens is 252 g/mol. The van der Waals surface area contributed by atoms with Gasteiger partial charge in [0.05, 0.1) is 7.11 Å². The number of carboxylic acids is 1. The van der Waals surface area contributed by atoms with Crippen LogP contribution in [0.4, 0.5) is 4.79 Å². The average molecular weight is 268 g/mol. The van der Waals surface area contributed by atoms with Gasteiger partial charge in [-0.25, -0.2) is 9.52 Å². The number of ether oxygens (including phenoxy) is 1. The standard InChI is InChI=1S/C8H16N2O6S/c1-8(2,3)5(6(11)12)9-17(14,15)10-7(13)16-4/h5,9H,1-4H3,(H,10,13)(H,11,12)/t5-/m0/s1. The summed E-state index contributed by atoms with van der Waals surface area (Å²) in [6.07, 6.45) is -1.20. The summed E-state index contributed by atoms with van der Waals surface area (Å²) in [6, 6.07) is -1.37. The van der Waals surface area contributed by atoms with Gasteiger partial charge in [-0.3, -0.25) is 4.79 Å². The Morgan fingerprint density at radius 3 is 2.06 bits per heavy atom. The van der Waals surface area contributed by atoms with Crippen molar-refractivity contribution in [1.29, 1.82) is 0 Å². The maximum absolute atomic E-state index is 11.4. The molecule has 1 amide bonds. The van der Waals surface area contributed by atoms with Crippen LogP contribution in [0.15, 0.2) is 0 Å². The summed E-state index contributed by atoms with van der Waals surface area (Å²) < 4.78 is 30.2. The van der Waals surface area contributed by atoms with Crippen LogP contribution in [0.25, 0.3) is 0 Å². The number of carboxylic acid groups (broad SMARTS) is 1. The highest BCUT2D eigenvalue weighted by Crippen LogP contribution is 2.19. The first-order valence-electron chi connectivity index (χ1n) is 4.60. The number of aliphatic carboxylic acids is 1. The van der Waals surface area contributed by atoms with Crippen molar-refractivity contribution in [2.24, 2.45) is 5.41 Å². The van der Waals surface area contributed by atoms with Crippen molar-refractivity contribution < 1.29 is 27.9 Å². The van der Waals surface area contributed by atoms with E-state index in [0.717, 1.165) is 7.11 Å². The van der Waals surface area contributed by atoms with Crippen LogP contribution in [0.5, 0.6) is 0 Å². The topological polar surface area (TPSA) is 122 Å². The molecule has 100 valence electrons. The first kappa shape index (κ1) is 15.7. The second-order valence-corrected chi connectivity index (χ2v) is 5.80. The van der Waals surface area contributed by atoms with Crippen molar-refractivity contribution in [3.63, 3.8) is 0 Å². The number of hydrogen-bond donors (Lipinski definition) is 3. The van der Waals surface area contributed by atoms with E-state index in [0.29, 0.717) is 0 Å². The molecule has 0 saturated carbocycles. The highest BCUT2D eigenvalue weighted by molar-refractivity contribution is 7.88. The molecule has 0 heterocycles. The van der Waals surface area contributed by atoms with Crippen LogP contribution in [0.1, 0.15) is 20.8 Å². The fourth-order valence-electron chi connectivity index (χ4n) is 0.934. The van der Waals surface area contributed by atoms with Crippen molar-refractivity contribution >= 4 is 22.3 Å². The normalized spacial score (nSPS) is 13.9. The van der Waals surface area contributed by atoms with Gasteiger partial charge in [0, 0.05) is 0 Å². The molecular formula is C8H16N2O6S. The lowest BCUT2D eigenvalue weighted by Crippen LogP contribution is -2.53. The molecule has 0 aromatic rings. The molecule has 1 atom stereocenters. The monoisotopic (exact) mass is 268 g/mol. The van der Waals surface area contributed by atoms with E-state index in [9.17, 15) is 18.0 Å².